The summed E-state index contributed by atoms with van der Waals surface area (Å²) in [7, 11) is 0. The van der Waals surface area contributed by atoms with E-state index in [2.05, 4.69) is 27.2 Å². The molecule has 1 fully saturated rings. The van der Waals surface area contributed by atoms with E-state index in [9.17, 15) is 9.90 Å². The quantitative estimate of drug-likeness (QED) is 0.446. The molecule has 2 rings (SSSR count). The fraction of sp³-hybridized carbons (Fsp3) is 0.533. The standard InChI is InChI=1S/C15H23N5O2/c1-2-3-8-17-14-12(13(16)22)9-18-15(20-14)19-10-4-6-11(21)7-5-10/h2,9-11,21H,1,3-8H2,(H2,16,22)(H2,17,18,19,20)/t10-,11-. The van der Waals surface area contributed by atoms with Crippen molar-refractivity contribution < 1.29 is 9.90 Å². The number of primary amides is 1. The van der Waals surface area contributed by atoms with E-state index in [1.165, 1.54) is 6.20 Å². The summed E-state index contributed by atoms with van der Waals surface area (Å²) < 4.78 is 0. The van der Waals surface area contributed by atoms with Crippen molar-refractivity contribution in [3.63, 3.8) is 0 Å². The SMILES string of the molecule is C=CCCNc1nc(N[C@H]2CC[C@H](O)CC2)ncc1C(N)=O. The summed E-state index contributed by atoms with van der Waals surface area (Å²) in [5.74, 6) is 0.337. The molecular formula is C15H23N5O2. The molecule has 0 bridgehead atoms. The van der Waals surface area contributed by atoms with Crippen LogP contribution in [0.25, 0.3) is 0 Å². The number of carbonyl (C=O) groups is 1. The zero-order valence-electron chi connectivity index (χ0n) is 12.6. The predicted molar refractivity (Wildman–Crippen MR) is 85.7 cm³/mol. The largest absolute Gasteiger partial charge is 0.393 e. The van der Waals surface area contributed by atoms with E-state index in [-0.39, 0.29) is 17.7 Å². The Kier molecular flexibility index (Phi) is 5.71. The van der Waals surface area contributed by atoms with Crippen molar-refractivity contribution in [2.45, 2.75) is 44.2 Å². The number of nitrogens with zero attached hydrogens (tertiary/aromatic N) is 2. The van der Waals surface area contributed by atoms with Crippen molar-refractivity contribution in [1.82, 2.24) is 9.97 Å². The lowest BCUT2D eigenvalue weighted by Crippen LogP contribution is -2.29. The van der Waals surface area contributed by atoms with Crippen LogP contribution >= 0.6 is 0 Å². The van der Waals surface area contributed by atoms with Gasteiger partial charge in [-0.1, -0.05) is 6.08 Å². The molecule has 0 unspecified atom stereocenters. The molecule has 5 N–H and O–H groups in total. The Labute approximate surface area is 130 Å². The lowest BCUT2D eigenvalue weighted by atomic mass is 9.93. The zero-order valence-corrected chi connectivity index (χ0v) is 12.6. The topological polar surface area (TPSA) is 113 Å². The number of nitrogens with two attached hydrogens (primary N) is 1. The highest BCUT2D eigenvalue weighted by atomic mass is 16.3. The molecule has 0 aromatic carbocycles. The number of carbonyl (C=O) groups excluding carboxylic acids is 1. The summed E-state index contributed by atoms with van der Waals surface area (Å²) in [6, 6.07) is 0.240. The van der Waals surface area contributed by atoms with Gasteiger partial charge in [0.05, 0.1) is 11.7 Å². The second-order valence-electron chi connectivity index (χ2n) is 5.47. The van der Waals surface area contributed by atoms with E-state index < -0.39 is 5.91 Å². The first-order chi connectivity index (χ1) is 10.6. The fourth-order valence-corrected chi connectivity index (χ4v) is 2.46. The van der Waals surface area contributed by atoms with Gasteiger partial charge in [0, 0.05) is 18.8 Å². The number of rotatable bonds is 7. The van der Waals surface area contributed by atoms with Crippen molar-refractivity contribution >= 4 is 17.7 Å². The van der Waals surface area contributed by atoms with Crippen LogP contribution in [0.15, 0.2) is 18.9 Å². The summed E-state index contributed by atoms with van der Waals surface area (Å²) in [5, 5.41) is 15.9. The van der Waals surface area contributed by atoms with Crippen LogP contribution in [0.3, 0.4) is 0 Å². The van der Waals surface area contributed by atoms with Crippen LogP contribution < -0.4 is 16.4 Å². The number of anilines is 2. The maximum Gasteiger partial charge on any atom is 0.254 e. The molecule has 22 heavy (non-hydrogen) atoms. The van der Waals surface area contributed by atoms with Gasteiger partial charge < -0.3 is 21.5 Å². The Morgan fingerprint density at radius 3 is 2.82 bits per heavy atom. The minimum absolute atomic E-state index is 0.202. The first-order valence-corrected chi connectivity index (χ1v) is 7.56. The lowest BCUT2D eigenvalue weighted by Gasteiger charge is -2.26. The van der Waals surface area contributed by atoms with Gasteiger partial charge in [0.25, 0.3) is 5.91 Å². The summed E-state index contributed by atoms with van der Waals surface area (Å²) in [6.45, 7) is 4.27. The van der Waals surface area contributed by atoms with E-state index in [1.807, 2.05) is 0 Å². The average Bonchev–Trinajstić information content (AvgIpc) is 2.50. The Balaban J connectivity index is 2.06. The second kappa shape index (κ2) is 7.74. The number of hydrogen-bond acceptors (Lipinski definition) is 6. The highest BCUT2D eigenvalue weighted by molar-refractivity contribution is 5.97. The first kappa shape index (κ1) is 16.2. The van der Waals surface area contributed by atoms with Gasteiger partial charge in [-0.25, -0.2) is 4.98 Å². The number of amides is 1. The van der Waals surface area contributed by atoms with E-state index in [4.69, 9.17) is 5.73 Å². The highest BCUT2D eigenvalue weighted by Crippen LogP contribution is 2.22. The van der Waals surface area contributed by atoms with Crippen LogP contribution in [0.2, 0.25) is 0 Å². The van der Waals surface area contributed by atoms with Crippen molar-refractivity contribution in [1.29, 1.82) is 0 Å². The number of aliphatic hydroxyl groups is 1. The Bertz CT molecular complexity index is 527. The molecule has 0 atom stereocenters. The van der Waals surface area contributed by atoms with Gasteiger partial charge in [-0.15, -0.1) is 6.58 Å². The molecule has 1 aromatic heterocycles. The molecule has 1 heterocycles. The Hall–Kier alpha value is -2.15. The highest BCUT2D eigenvalue weighted by Gasteiger charge is 2.20. The van der Waals surface area contributed by atoms with Crippen LogP contribution in [0.4, 0.5) is 11.8 Å². The van der Waals surface area contributed by atoms with Gasteiger partial charge >= 0.3 is 0 Å². The third kappa shape index (κ3) is 4.42. The molecule has 0 aliphatic heterocycles. The van der Waals surface area contributed by atoms with Crippen molar-refractivity contribution in [2.24, 2.45) is 5.73 Å². The molecule has 0 saturated heterocycles. The molecule has 1 aliphatic rings. The molecule has 1 aliphatic carbocycles. The summed E-state index contributed by atoms with van der Waals surface area (Å²) in [6.07, 6.45) is 7.08. The van der Waals surface area contributed by atoms with E-state index in [1.54, 1.807) is 6.08 Å². The van der Waals surface area contributed by atoms with E-state index in [0.29, 0.717) is 18.3 Å². The van der Waals surface area contributed by atoms with Gasteiger partial charge in [-0.3, -0.25) is 4.79 Å². The number of aliphatic hydroxyl groups excluding tert-OH is 1. The fourth-order valence-electron chi connectivity index (χ4n) is 2.46. The van der Waals surface area contributed by atoms with Gasteiger partial charge in [-0.05, 0) is 32.1 Å². The van der Waals surface area contributed by atoms with Crippen LogP contribution in [0.5, 0.6) is 0 Å². The molecule has 0 radical (unpaired) electrons. The molecule has 1 amide bonds. The summed E-state index contributed by atoms with van der Waals surface area (Å²) in [4.78, 5) is 19.9. The van der Waals surface area contributed by atoms with Crippen LogP contribution in [0, 0.1) is 0 Å². The van der Waals surface area contributed by atoms with E-state index in [0.717, 1.165) is 32.1 Å². The van der Waals surface area contributed by atoms with E-state index >= 15 is 0 Å². The minimum atomic E-state index is -0.562. The molecule has 1 saturated carbocycles. The second-order valence-corrected chi connectivity index (χ2v) is 5.47. The molecule has 7 nitrogen and oxygen atoms in total. The van der Waals surface area contributed by atoms with Crippen molar-refractivity contribution in [3.05, 3.63) is 24.4 Å². The molecule has 0 spiro atoms. The summed E-state index contributed by atoms with van der Waals surface area (Å²) in [5.41, 5.74) is 5.61. The number of nitrogens with one attached hydrogen (secondary N) is 2. The first-order valence-electron chi connectivity index (χ1n) is 7.56. The van der Waals surface area contributed by atoms with Gasteiger partial charge in [0.2, 0.25) is 5.95 Å². The van der Waals surface area contributed by atoms with Crippen molar-refractivity contribution in [2.75, 3.05) is 17.2 Å². The minimum Gasteiger partial charge on any atom is -0.393 e. The van der Waals surface area contributed by atoms with Crippen LogP contribution in [0.1, 0.15) is 42.5 Å². The summed E-state index contributed by atoms with van der Waals surface area (Å²) >= 11 is 0. The maximum absolute atomic E-state index is 11.4. The molecular weight excluding hydrogens is 282 g/mol. The monoisotopic (exact) mass is 305 g/mol. The number of aromatic nitrogens is 2. The lowest BCUT2D eigenvalue weighted by molar-refractivity contribution is 0.100. The Morgan fingerprint density at radius 2 is 2.18 bits per heavy atom. The van der Waals surface area contributed by atoms with Crippen LogP contribution in [-0.4, -0.2) is 39.7 Å². The average molecular weight is 305 g/mol. The van der Waals surface area contributed by atoms with Crippen LogP contribution in [-0.2, 0) is 0 Å². The maximum atomic E-state index is 11.4. The third-order valence-electron chi connectivity index (χ3n) is 3.73. The molecule has 120 valence electrons. The van der Waals surface area contributed by atoms with Gasteiger partial charge in [0.15, 0.2) is 0 Å². The predicted octanol–water partition coefficient (Wildman–Crippen LogP) is 1.28. The van der Waals surface area contributed by atoms with Gasteiger partial charge in [-0.2, -0.15) is 4.98 Å². The third-order valence-corrected chi connectivity index (χ3v) is 3.73. The number of hydrogen-bond donors (Lipinski definition) is 4. The smallest absolute Gasteiger partial charge is 0.254 e. The zero-order chi connectivity index (χ0) is 15.9. The van der Waals surface area contributed by atoms with Crippen molar-refractivity contribution in [3.8, 4) is 0 Å². The molecule has 1 aromatic rings. The Morgan fingerprint density at radius 1 is 1.45 bits per heavy atom. The van der Waals surface area contributed by atoms with Gasteiger partial charge in [0.1, 0.15) is 5.82 Å². The normalized spacial score (nSPS) is 21.1. The molecule has 7 heteroatoms.